The summed E-state index contributed by atoms with van der Waals surface area (Å²) in [5, 5.41) is 3.04. The van der Waals surface area contributed by atoms with Gasteiger partial charge >= 0.3 is 6.18 Å². The summed E-state index contributed by atoms with van der Waals surface area (Å²) in [7, 11) is 1.67. The molecule has 2 aromatic heterocycles. The summed E-state index contributed by atoms with van der Waals surface area (Å²) in [6.07, 6.45) is 0.564. The average Bonchev–Trinajstić information content (AvgIpc) is 3.17. The lowest BCUT2D eigenvalue weighted by atomic mass is 9.78. The quantitative estimate of drug-likeness (QED) is 0.399. The summed E-state index contributed by atoms with van der Waals surface area (Å²) < 4.78 is 63.9. The topological polar surface area (TPSA) is 137 Å². The minimum absolute atomic E-state index is 0.0189. The minimum atomic E-state index is -4.97. The summed E-state index contributed by atoms with van der Waals surface area (Å²) in [5.41, 5.74) is 9.98. The van der Waals surface area contributed by atoms with E-state index in [0.717, 1.165) is 25.3 Å². The molecule has 1 amide bonds. The highest BCUT2D eigenvalue weighted by atomic mass is 19.4. The summed E-state index contributed by atoms with van der Waals surface area (Å²) in [6.45, 7) is -0.184. The monoisotopic (exact) mass is 548 g/mol. The second kappa shape index (κ2) is 8.74. The minimum Gasteiger partial charge on any atom is -0.382 e. The number of carbonyl (C=O) groups is 1. The Morgan fingerprint density at radius 2 is 2.00 bits per heavy atom. The van der Waals surface area contributed by atoms with Crippen LogP contribution < -0.4 is 21.7 Å². The maximum absolute atomic E-state index is 14.7. The smallest absolute Gasteiger partial charge is 0.382 e. The number of nitrogen functional groups attached to an aromatic ring is 1. The number of methoxy groups -OCH3 is 1. The number of fused-ring (bicyclic) bond motifs is 1. The highest BCUT2D eigenvalue weighted by Gasteiger charge is 2.63. The molecule has 0 radical (unpaired) electrons. The molecule has 3 fully saturated rings. The van der Waals surface area contributed by atoms with Crippen LogP contribution in [0.5, 0.6) is 0 Å². The zero-order valence-corrected chi connectivity index (χ0v) is 21.1. The van der Waals surface area contributed by atoms with Crippen molar-refractivity contribution in [3.05, 3.63) is 41.7 Å². The molecule has 10 nitrogen and oxygen atoms in total. The zero-order chi connectivity index (χ0) is 27.7. The molecule has 1 saturated heterocycles. The van der Waals surface area contributed by atoms with E-state index < -0.39 is 23.1 Å². The Morgan fingerprint density at radius 3 is 2.72 bits per heavy atom. The van der Waals surface area contributed by atoms with Gasteiger partial charge in [0.25, 0.3) is 0 Å². The standard InChI is InChI=1S/C25H28F4N8O2/c1-39-13-6-23(7-13)8-17(23)35-22(38)24(31)4-5-36(10-24)16-3-2-15(26)18(25(27,28)29)14(16)9-37-12-34-19-20(30)32-11-33-21(19)37/h2-3,11-13,17H,4-10,31H2,1H3,(H,35,38)(H2,30,32,33)/t13?,17?,23?,24-/m1/s1. The highest BCUT2D eigenvalue weighted by molar-refractivity contribution is 5.88. The third kappa shape index (κ3) is 4.25. The lowest BCUT2D eigenvalue weighted by molar-refractivity contribution is -0.140. The lowest BCUT2D eigenvalue weighted by Crippen LogP contribution is -2.57. The molecule has 0 bridgehead atoms. The molecule has 208 valence electrons. The molecule has 2 aliphatic carbocycles. The third-order valence-electron chi connectivity index (χ3n) is 8.47. The van der Waals surface area contributed by atoms with E-state index in [1.165, 1.54) is 23.3 Å². The third-order valence-corrected chi connectivity index (χ3v) is 8.47. The Morgan fingerprint density at radius 1 is 1.23 bits per heavy atom. The van der Waals surface area contributed by atoms with E-state index in [1.54, 1.807) is 12.0 Å². The lowest BCUT2D eigenvalue weighted by Gasteiger charge is -2.36. The molecule has 1 spiro atoms. The summed E-state index contributed by atoms with van der Waals surface area (Å²) >= 11 is 0. The maximum atomic E-state index is 14.7. The van der Waals surface area contributed by atoms with Crippen molar-refractivity contribution in [1.29, 1.82) is 0 Å². The molecular weight excluding hydrogens is 520 g/mol. The number of halogens is 4. The predicted octanol–water partition coefficient (Wildman–Crippen LogP) is 2.21. The van der Waals surface area contributed by atoms with E-state index in [9.17, 15) is 22.4 Å². The molecule has 3 aliphatic rings. The number of imidazole rings is 1. The molecule has 5 N–H and O–H groups in total. The molecule has 3 heterocycles. The Labute approximate surface area is 220 Å². The van der Waals surface area contributed by atoms with Crippen LogP contribution in [0.2, 0.25) is 0 Å². The Hall–Kier alpha value is -3.52. The molecule has 1 aliphatic heterocycles. The first-order chi connectivity index (χ1) is 18.4. The number of nitrogens with one attached hydrogen (secondary N) is 1. The fourth-order valence-electron chi connectivity index (χ4n) is 6.10. The van der Waals surface area contributed by atoms with Gasteiger partial charge in [0.15, 0.2) is 11.5 Å². The van der Waals surface area contributed by atoms with Crippen molar-refractivity contribution >= 4 is 28.6 Å². The van der Waals surface area contributed by atoms with Crippen molar-refractivity contribution < 1.29 is 27.1 Å². The first-order valence-corrected chi connectivity index (χ1v) is 12.6. The van der Waals surface area contributed by atoms with Gasteiger partial charge in [-0.15, -0.1) is 0 Å². The number of aromatic nitrogens is 4. The molecule has 6 rings (SSSR count). The van der Waals surface area contributed by atoms with Gasteiger partial charge in [0.1, 0.15) is 23.2 Å². The molecule has 2 atom stereocenters. The number of amides is 1. The van der Waals surface area contributed by atoms with Crippen molar-refractivity contribution in [2.75, 3.05) is 30.8 Å². The van der Waals surface area contributed by atoms with E-state index in [1.807, 2.05) is 0 Å². The number of benzene rings is 1. The van der Waals surface area contributed by atoms with Crippen LogP contribution in [0.3, 0.4) is 0 Å². The number of hydrogen-bond donors (Lipinski definition) is 3. The van der Waals surface area contributed by atoms with Crippen molar-refractivity contribution in [3.8, 4) is 0 Å². The number of hydrogen-bond acceptors (Lipinski definition) is 8. The fourth-order valence-corrected chi connectivity index (χ4v) is 6.10. The van der Waals surface area contributed by atoms with Crippen molar-refractivity contribution in [2.24, 2.45) is 11.1 Å². The number of anilines is 2. The summed E-state index contributed by atoms with van der Waals surface area (Å²) in [6, 6.07) is 2.11. The number of nitrogens with zero attached hydrogens (tertiary/aromatic N) is 5. The van der Waals surface area contributed by atoms with E-state index in [4.69, 9.17) is 16.2 Å². The molecule has 1 unspecified atom stereocenters. The van der Waals surface area contributed by atoms with Crippen molar-refractivity contribution in [2.45, 2.75) is 56.1 Å². The van der Waals surface area contributed by atoms with Crippen LogP contribution in [0.4, 0.5) is 29.1 Å². The average molecular weight is 549 g/mol. The first kappa shape index (κ1) is 25.7. The second-order valence-electron chi connectivity index (χ2n) is 10.9. The number of alkyl halides is 3. The SMILES string of the molecule is COC1CC2(C1)CC2NC(=O)[C@@]1(N)CCN(c2ccc(F)c(C(F)(F)F)c2Cn2cnc3c(N)ncnc32)C1. The van der Waals surface area contributed by atoms with Gasteiger partial charge in [-0.1, -0.05) is 0 Å². The van der Waals surface area contributed by atoms with Crippen molar-refractivity contribution in [1.82, 2.24) is 24.8 Å². The van der Waals surface area contributed by atoms with Crippen LogP contribution in [-0.2, 0) is 22.3 Å². The maximum Gasteiger partial charge on any atom is 0.419 e. The van der Waals surface area contributed by atoms with Gasteiger partial charge in [-0.2, -0.15) is 13.2 Å². The largest absolute Gasteiger partial charge is 0.419 e. The van der Waals surface area contributed by atoms with E-state index >= 15 is 0 Å². The van der Waals surface area contributed by atoms with Crippen LogP contribution in [0.1, 0.15) is 36.8 Å². The normalized spacial score (nSPS) is 28.2. The second-order valence-corrected chi connectivity index (χ2v) is 10.9. The number of rotatable bonds is 6. The van der Waals surface area contributed by atoms with Crippen molar-refractivity contribution in [3.63, 3.8) is 0 Å². The van der Waals surface area contributed by atoms with Crippen LogP contribution >= 0.6 is 0 Å². The molecule has 14 heteroatoms. The molecular formula is C25H28F4N8O2. The summed E-state index contributed by atoms with van der Waals surface area (Å²) in [5.74, 6) is -1.66. The number of carbonyl (C=O) groups excluding carboxylic acids is 1. The van der Waals surface area contributed by atoms with Crippen LogP contribution in [0, 0.1) is 11.2 Å². The van der Waals surface area contributed by atoms with Gasteiger partial charge in [-0.3, -0.25) is 4.79 Å². The Kier molecular flexibility index (Phi) is 5.77. The molecule has 39 heavy (non-hydrogen) atoms. The Bertz CT molecular complexity index is 1450. The van der Waals surface area contributed by atoms with E-state index in [-0.39, 0.29) is 77.8 Å². The Balaban J connectivity index is 1.28. The van der Waals surface area contributed by atoms with Gasteiger partial charge in [-0.25, -0.2) is 19.3 Å². The van der Waals surface area contributed by atoms with Gasteiger partial charge in [-0.05, 0) is 43.2 Å². The van der Waals surface area contributed by atoms with E-state index in [2.05, 4.69) is 20.3 Å². The van der Waals surface area contributed by atoms with Crippen LogP contribution in [0.25, 0.3) is 11.2 Å². The fraction of sp³-hybridized carbons (Fsp3) is 0.520. The molecule has 2 saturated carbocycles. The van der Waals surface area contributed by atoms with Crippen LogP contribution in [-0.4, -0.2) is 63.3 Å². The van der Waals surface area contributed by atoms with Crippen LogP contribution in [0.15, 0.2) is 24.8 Å². The molecule has 3 aromatic rings. The van der Waals surface area contributed by atoms with Gasteiger partial charge in [0.2, 0.25) is 5.91 Å². The summed E-state index contributed by atoms with van der Waals surface area (Å²) in [4.78, 5) is 26.9. The molecule has 1 aromatic carbocycles. The number of ether oxygens (including phenoxy) is 1. The first-order valence-electron chi connectivity index (χ1n) is 12.6. The highest BCUT2D eigenvalue weighted by Crippen LogP contribution is 2.61. The van der Waals surface area contributed by atoms with Gasteiger partial charge in [0.05, 0.1) is 24.5 Å². The van der Waals surface area contributed by atoms with Gasteiger partial charge in [0, 0.05) is 37.5 Å². The van der Waals surface area contributed by atoms with E-state index in [0.29, 0.717) is 0 Å². The predicted molar refractivity (Wildman–Crippen MR) is 133 cm³/mol. The zero-order valence-electron chi connectivity index (χ0n) is 21.1. The van der Waals surface area contributed by atoms with Gasteiger partial charge < -0.3 is 31.0 Å². The number of nitrogens with two attached hydrogens (primary N) is 2.